The van der Waals surface area contributed by atoms with Gasteiger partial charge in [-0.25, -0.2) is 5.43 Å². The Labute approximate surface area is 119 Å². The molecule has 1 amide bonds. The van der Waals surface area contributed by atoms with Crippen LogP contribution in [0.15, 0.2) is 50.7 Å². The van der Waals surface area contributed by atoms with E-state index in [9.17, 15) is 9.90 Å². The monoisotopic (exact) mass is 284 g/mol. The molecule has 0 spiro atoms. The number of benzene rings is 1. The largest absolute Gasteiger partial charge is 0.506 e. The van der Waals surface area contributed by atoms with Crippen molar-refractivity contribution in [3.05, 3.63) is 53.7 Å². The number of rotatable bonds is 3. The van der Waals surface area contributed by atoms with Crippen LogP contribution in [0.3, 0.4) is 0 Å². The zero-order valence-electron chi connectivity index (χ0n) is 11.2. The maximum absolute atomic E-state index is 12.0. The maximum atomic E-state index is 12.0. The number of hydrazone groups is 1. The summed E-state index contributed by atoms with van der Waals surface area (Å²) in [5.74, 6) is -0.122. The fraction of sp³-hybridized carbons (Fsp3) is 0.0667. The second-order valence-corrected chi connectivity index (χ2v) is 4.47. The summed E-state index contributed by atoms with van der Waals surface area (Å²) in [6.07, 6.45) is 4.41. The van der Waals surface area contributed by atoms with Crippen molar-refractivity contribution in [2.24, 2.45) is 5.10 Å². The number of amides is 1. The van der Waals surface area contributed by atoms with Crippen LogP contribution in [0.4, 0.5) is 0 Å². The quantitative estimate of drug-likeness (QED) is 0.571. The first kappa shape index (κ1) is 13.0. The Kier molecular flexibility index (Phi) is 3.19. The molecule has 0 saturated carbocycles. The lowest BCUT2D eigenvalue weighted by molar-refractivity contribution is 0.0952. The molecule has 106 valence electrons. The van der Waals surface area contributed by atoms with Crippen molar-refractivity contribution in [3.8, 4) is 5.75 Å². The van der Waals surface area contributed by atoms with E-state index in [0.717, 1.165) is 5.56 Å². The summed E-state index contributed by atoms with van der Waals surface area (Å²) >= 11 is 0. The van der Waals surface area contributed by atoms with Gasteiger partial charge >= 0.3 is 0 Å². The minimum absolute atomic E-state index is 0.121. The van der Waals surface area contributed by atoms with Crippen LogP contribution in [0, 0.1) is 6.92 Å². The van der Waals surface area contributed by atoms with Crippen LogP contribution in [0.1, 0.15) is 21.7 Å². The second kappa shape index (κ2) is 5.16. The van der Waals surface area contributed by atoms with E-state index >= 15 is 0 Å². The van der Waals surface area contributed by atoms with E-state index in [4.69, 9.17) is 8.83 Å². The van der Waals surface area contributed by atoms with Crippen LogP contribution in [0.25, 0.3) is 11.0 Å². The summed E-state index contributed by atoms with van der Waals surface area (Å²) in [6.45, 7) is 1.79. The van der Waals surface area contributed by atoms with Gasteiger partial charge in [0.15, 0.2) is 0 Å². The van der Waals surface area contributed by atoms with Gasteiger partial charge in [-0.05, 0) is 36.8 Å². The van der Waals surface area contributed by atoms with Gasteiger partial charge in [0.1, 0.15) is 17.1 Å². The Hall–Kier alpha value is -3.02. The molecule has 6 nitrogen and oxygen atoms in total. The number of nitrogens with zero attached hydrogens (tertiary/aromatic N) is 1. The third-order valence-electron chi connectivity index (χ3n) is 3.04. The molecule has 0 aliphatic heterocycles. The van der Waals surface area contributed by atoms with Gasteiger partial charge in [0.25, 0.3) is 5.91 Å². The van der Waals surface area contributed by atoms with Crippen molar-refractivity contribution in [2.75, 3.05) is 0 Å². The summed E-state index contributed by atoms with van der Waals surface area (Å²) in [5, 5.41) is 14.5. The Bertz CT molecular complexity index is 816. The highest BCUT2D eigenvalue weighted by molar-refractivity contribution is 6.03. The van der Waals surface area contributed by atoms with Gasteiger partial charge in [-0.3, -0.25) is 4.79 Å². The fourth-order valence-electron chi connectivity index (χ4n) is 2.03. The summed E-state index contributed by atoms with van der Waals surface area (Å²) < 4.78 is 10.3. The molecule has 0 saturated heterocycles. The molecule has 0 unspecified atom stereocenters. The first-order chi connectivity index (χ1) is 10.2. The zero-order chi connectivity index (χ0) is 14.8. The Balaban J connectivity index is 1.84. The number of fused-ring (bicyclic) bond motifs is 1. The molecule has 2 N–H and O–H groups in total. The van der Waals surface area contributed by atoms with E-state index in [-0.39, 0.29) is 11.3 Å². The van der Waals surface area contributed by atoms with Gasteiger partial charge in [-0.2, -0.15) is 5.10 Å². The van der Waals surface area contributed by atoms with Crippen LogP contribution < -0.4 is 5.43 Å². The van der Waals surface area contributed by atoms with Crippen molar-refractivity contribution in [2.45, 2.75) is 6.92 Å². The minimum Gasteiger partial charge on any atom is -0.506 e. The SMILES string of the molecule is Cc1coc2ccc(C(=O)NN=Cc3ccco3)c(O)c12. The molecule has 0 radical (unpaired) electrons. The number of nitrogens with one attached hydrogen (secondary N) is 1. The summed E-state index contributed by atoms with van der Waals surface area (Å²) in [5.41, 5.74) is 3.75. The molecule has 0 atom stereocenters. The van der Waals surface area contributed by atoms with Crippen LogP contribution in [0.2, 0.25) is 0 Å². The molecule has 2 aromatic heterocycles. The van der Waals surface area contributed by atoms with Crippen LogP contribution in [-0.4, -0.2) is 17.2 Å². The number of phenols is 1. The van der Waals surface area contributed by atoms with Gasteiger partial charge in [0.05, 0.1) is 29.7 Å². The number of furan rings is 2. The summed E-state index contributed by atoms with van der Waals surface area (Å²) in [6, 6.07) is 6.53. The van der Waals surface area contributed by atoms with E-state index in [1.807, 2.05) is 0 Å². The first-order valence-corrected chi connectivity index (χ1v) is 6.23. The molecular formula is C15H12N2O4. The van der Waals surface area contributed by atoms with Crippen molar-refractivity contribution in [1.29, 1.82) is 0 Å². The Morgan fingerprint density at radius 3 is 2.95 bits per heavy atom. The third kappa shape index (κ3) is 2.38. The van der Waals surface area contributed by atoms with E-state index in [0.29, 0.717) is 16.7 Å². The van der Waals surface area contributed by atoms with Crippen molar-refractivity contribution in [1.82, 2.24) is 5.43 Å². The molecule has 3 aromatic rings. The van der Waals surface area contributed by atoms with Crippen molar-refractivity contribution < 1.29 is 18.7 Å². The lowest BCUT2D eigenvalue weighted by Crippen LogP contribution is -2.17. The number of carbonyl (C=O) groups excluding carboxylic acids is 1. The van der Waals surface area contributed by atoms with Crippen LogP contribution in [-0.2, 0) is 0 Å². The van der Waals surface area contributed by atoms with Gasteiger partial charge < -0.3 is 13.9 Å². The molecular weight excluding hydrogens is 272 g/mol. The highest BCUT2D eigenvalue weighted by Gasteiger charge is 2.16. The van der Waals surface area contributed by atoms with Gasteiger partial charge in [-0.1, -0.05) is 0 Å². The highest BCUT2D eigenvalue weighted by Crippen LogP contribution is 2.32. The van der Waals surface area contributed by atoms with Crippen molar-refractivity contribution in [3.63, 3.8) is 0 Å². The minimum atomic E-state index is -0.516. The molecule has 0 fully saturated rings. The van der Waals surface area contributed by atoms with E-state index in [1.54, 1.807) is 25.1 Å². The Morgan fingerprint density at radius 2 is 2.19 bits per heavy atom. The molecule has 0 aliphatic carbocycles. The topological polar surface area (TPSA) is 88.0 Å². The lowest BCUT2D eigenvalue weighted by Gasteiger charge is -2.04. The number of aryl methyl sites for hydroxylation is 1. The van der Waals surface area contributed by atoms with Crippen LogP contribution >= 0.6 is 0 Å². The van der Waals surface area contributed by atoms with Crippen molar-refractivity contribution >= 4 is 23.1 Å². The maximum Gasteiger partial charge on any atom is 0.275 e. The molecule has 2 heterocycles. The number of carbonyl (C=O) groups is 1. The van der Waals surface area contributed by atoms with Crippen LogP contribution in [0.5, 0.6) is 5.75 Å². The lowest BCUT2D eigenvalue weighted by atomic mass is 10.1. The second-order valence-electron chi connectivity index (χ2n) is 4.47. The summed E-state index contributed by atoms with van der Waals surface area (Å²) in [7, 11) is 0. The van der Waals surface area contributed by atoms with E-state index in [2.05, 4.69) is 10.5 Å². The molecule has 1 aromatic carbocycles. The predicted molar refractivity (Wildman–Crippen MR) is 76.4 cm³/mol. The first-order valence-electron chi connectivity index (χ1n) is 6.23. The van der Waals surface area contributed by atoms with Gasteiger partial charge in [0.2, 0.25) is 0 Å². The summed E-state index contributed by atoms with van der Waals surface area (Å²) in [4.78, 5) is 12.0. The standard InChI is InChI=1S/C15H12N2O4/c1-9-8-21-12-5-4-11(14(18)13(9)12)15(19)17-16-7-10-3-2-6-20-10/h2-8,18H,1H3,(H,17,19). The normalized spacial score (nSPS) is 11.3. The average molecular weight is 284 g/mol. The molecule has 21 heavy (non-hydrogen) atoms. The van der Waals surface area contributed by atoms with E-state index in [1.165, 1.54) is 24.8 Å². The van der Waals surface area contributed by atoms with Gasteiger partial charge in [0, 0.05) is 0 Å². The molecule has 0 bridgehead atoms. The predicted octanol–water partition coefficient (Wildman–Crippen LogP) is 2.80. The molecule has 6 heteroatoms. The molecule has 3 rings (SSSR count). The fourth-order valence-corrected chi connectivity index (χ4v) is 2.03. The number of phenolic OH excluding ortho intramolecular Hbond substituents is 1. The number of hydrogen-bond acceptors (Lipinski definition) is 5. The number of aromatic hydroxyl groups is 1. The smallest absolute Gasteiger partial charge is 0.275 e. The number of hydrogen-bond donors (Lipinski definition) is 2. The molecule has 0 aliphatic rings. The zero-order valence-corrected chi connectivity index (χ0v) is 11.2. The Morgan fingerprint density at radius 1 is 1.33 bits per heavy atom. The van der Waals surface area contributed by atoms with E-state index < -0.39 is 5.91 Å². The van der Waals surface area contributed by atoms with Gasteiger partial charge in [-0.15, -0.1) is 0 Å². The average Bonchev–Trinajstić information content (AvgIpc) is 3.09. The third-order valence-corrected chi connectivity index (χ3v) is 3.04. The highest BCUT2D eigenvalue weighted by atomic mass is 16.3.